The molecule has 0 fully saturated rings. The fourth-order valence-corrected chi connectivity index (χ4v) is 7.08. The van der Waals surface area contributed by atoms with E-state index in [1.807, 2.05) is 0 Å². The lowest BCUT2D eigenvalue weighted by Gasteiger charge is -2.24. The van der Waals surface area contributed by atoms with Gasteiger partial charge in [0.25, 0.3) is 11.4 Å². The summed E-state index contributed by atoms with van der Waals surface area (Å²) in [6, 6.07) is 27.5. The Kier molecular flexibility index (Phi) is 5.95. The van der Waals surface area contributed by atoms with Gasteiger partial charge in [-0.05, 0) is 42.2 Å². The first-order chi connectivity index (χ1) is 18.6. The van der Waals surface area contributed by atoms with E-state index in [-0.39, 0.29) is 5.66 Å². The van der Waals surface area contributed by atoms with E-state index < -0.39 is 0 Å². The van der Waals surface area contributed by atoms with Gasteiger partial charge in [0.05, 0.1) is 25.0 Å². The molecule has 0 radical (unpaired) electrons. The van der Waals surface area contributed by atoms with E-state index in [0.29, 0.717) is 17.8 Å². The van der Waals surface area contributed by atoms with E-state index in [2.05, 4.69) is 144 Å². The lowest BCUT2D eigenvalue weighted by atomic mass is 9.91. The van der Waals surface area contributed by atoms with Crippen LogP contribution in [0.5, 0.6) is 0 Å². The van der Waals surface area contributed by atoms with Gasteiger partial charge in [-0.3, -0.25) is 0 Å². The molecule has 0 unspecified atom stereocenters. The van der Waals surface area contributed by atoms with Crippen molar-refractivity contribution in [3.63, 3.8) is 0 Å². The third-order valence-corrected chi connectivity index (χ3v) is 8.86. The average Bonchev–Trinajstić information content (AvgIpc) is 3.32. The molecule has 1 aliphatic carbocycles. The molecule has 2 nitrogen and oxygen atoms in total. The monoisotopic (exact) mass is 514 g/mol. The fourth-order valence-electron chi connectivity index (χ4n) is 7.08. The van der Waals surface area contributed by atoms with Crippen LogP contribution in [-0.4, -0.2) is 26.2 Å². The van der Waals surface area contributed by atoms with Gasteiger partial charge in [-0.1, -0.05) is 102 Å². The second-order valence-electron chi connectivity index (χ2n) is 12.8. The zero-order valence-electron chi connectivity index (χ0n) is 25.1. The summed E-state index contributed by atoms with van der Waals surface area (Å²) in [5.74, 6) is 1.25. The largest absolute Gasteiger partial charge is 0.357 e. The molecule has 39 heavy (non-hydrogen) atoms. The highest BCUT2D eigenvalue weighted by Crippen LogP contribution is 2.47. The summed E-state index contributed by atoms with van der Waals surface area (Å²) in [4.78, 5) is 0. The van der Waals surface area contributed by atoms with Crippen LogP contribution in [0.2, 0.25) is 0 Å². The Morgan fingerprint density at radius 2 is 0.949 bits per heavy atom. The number of benzene rings is 4. The smallest absolute Gasteiger partial charge is 0.121 e. The van der Waals surface area contributed by atoms with E-state index >= 15 is 0 Å². The number of para-hydroxylation sites is 2. The van der Waals surface area contributed by atoms with Gasteiger partial charge in [0.15, 0.2) is 0 Å². The van der Waals surface area contributed by atoms with Crippen molar-refractivity contribution in [3.05, 3.63) is 106 Å². The number of rotatable bonds is 5. The Labute approximate surface area is 234 Å². The van der Waals surface area contributed by atoms with E-state index in [1.54, 1.807) is 0 Å². The molecule has 0 atom stereocenters. The van der Waals surface area contributed by atoms with Gasteiger partial charge < -0.3 is 0 Å². The van der Waals surface area contributed by atoms with Crippen molar-refractivity contribution in [1.29, 1.82) is 0 Å². The summed E-state index contributed by atoms with van der Waals surface area (Å²) >= 11 is 0. The number of hydrogen-bond donors (Lipinski definition) is 0. The van der Waals surface area contributed by atoms with E-state index in [1.165, 1.54) is 67.0 Å². The second-order valence-corrected chi connectivity index (χ2v) is 12.8. The van der Waals surface area contributed by atoms with Crippen LogP contribution < -0.4 is 0 Å². The molecule has 0 saturated carbocycles. The zero-order valence-corrected chi connectivity index (χ0v) is 25.1. The number of hydrogen-bond acceptors (Lipinski definition) is 0. The molecular formula is C37H42N2+2. The molecule has 0 amide bonds. The summed E-state index contributed by atoms with van der Waals surface area (Å²) < 4.78 is 5.39. The summed E-state index contributed by atoms with van der Waals surface area (Å²) in [6.45, 7) is 21.1. The molecule has 0 aromatic heterocycles. The molecular weight excluding hydrogens is 472 g/mol. The quantitative estimate of drug-likeness (QED) is 0.234. The Hall–Kier alpha value is -3.52. The first kappa shape index (κ1) is 25.7. The van der Waals surface area contributed by atoms with Crippen LogP contribution in [0, 0.1) is 6.92 Å². The molecule has 1 aliphatic heterocycles. The summed E-state index contributed by atoms with van der Waals surface area (Å²) in [7, 11) is 0. The highest BCUT2D eigenvalue weighted by molar-refractivity contribution is 6.58. The molecule has 0 spiro atoms. The van der Waals surface area contributed by atoms with Crippen molar-refractivity contribution in [1.82, 2.24) is 0 Å². The van der Waals surface area contributed by atoms with Gasteiger partial charge in [-0.15, -0.1) is 9.15 Å². The minimum atomic E-state index is -0.329. The summed E-state index contributed by atoms with van der Waals surface area (Å²) in [5.41, 5.74) is 13.4. The normalized spacial score (nSPS) is 16.0. The molecule has 2 aliphatic rings. The number of aryl methyl sites for hydroxylation is 1. The Morgan fingerprint density at radius 3 is 1.44 bits per heavy atom. The summed E-state index contributed by atoms with van der Waals surface area (Å²) in [5, 5.41) is 2.69. The fraction of sp³-hybridized carbons (Fsp3) is 0.351. The number of fused-ring (bicyclic) bond motifs is 3. The predicted molar refractivity (Wildman–Crippen MR) is 166 cm³/mol. The van der Waals surface area contributed by atoms with Crippen LogP contribution in [-0.2, 0) is 0 Å². The van der Waals surface area contributed by atoms with Crippen LogP contribution in [0.25, 0.3) is 10.8 Å². The molecule has 0 bridgehead atoms. The lowest BCUT2D eigenvalue weighted by Crippen LogP contribution is -2.41. The Balaban J connectivity index is 1.83. The van der Waals surface area contributed by atoms with E-state index in [4.69, 9.17) is 0 Å². The molecule has 4 aromatic rings. The Morgan fingerprint density at radius 1 is 0.538 bits per heavy atom. The van der Waals surface area contributed by atoms with Crippen LogP contribution >= 0.6 is 0 Å². The maximum absolute atomic E-state index is 2.71. The lowest BCUT2D eigenvalue weighted by molar-refractivity contribution is -0.740. The zero-order chi connectivity index (χ0) is 27.8. The number of nitrogens with zero attached hydrogens (tertiary/aromatic N) is 2. The van der Waals surface area contributed by atoms with Gasteiger partial charge in [0, 0.05) is 27.6 Å². The standard InChI is InChI=1S/C37H42N2/c1-22(2)27-17-10-14-25(7)33(27)38-35-30-20-11-15-26-16-12-21-31(32(26)30)36(35)39(37(38,8)9)34-28(23(3)4)18-13-19-29(34)24(5)6/h10-24H,1-9H3/q+2. The van der Waals surface area contributed by atoms with Crippen LogP contribution in [0.15, 0.2) is 72.8 Å². The third kappa shape index (κ3) is 3.60. The minimum absolute atomic E-state index is 0.329. The van der Waals surface area contributed by atoms with Gasteiger partial charge in [0.1, 0.15) is 0 Å². The molecule has 4 aromatic carbocycles. The average molecular weight is 515 g/mol. The van der Waals surface area contributed by atoms with Crippen molar-refractivity contribution in [2.45, 2.75) is 85.7 Å². The summed E-state index contributed by atoms with van der Waals surface area (Å²) in [6.07, 6.45) is 0. The van der Waals surface area contributed by atoms with Crippen molar-refractivity contribution in [2.75, 3.05) is 0 Å². The maximum atomic E-state index is 2.71. The van der Waals surface area contributed by atoms with E-state index in [0.717, 1.165) is 0 Å². The van der Waals surface area contributed by atoms with Crippen molar-refractivity contribution in [2.24, 2.45) is 0 Å². The van der Waals surface area contributed by atoms with Crippen molar-refractivity contribution in [3.8, 4) is 0 Å². The van der Waals surface area contributed by atoms with Crippen molar-refractivity contribution < 1.29 is 9.15 Å². The van der Waals surface area contributed by atoms with Gasteiger partial charge in [-0.25, -0.2) is 0 Å². The molecule has 2 heteroatoms. The Bertz CT molecular complexity index is 1680. The van der Waals surface area contributed by atoms with Crippen LogP contribution in [0.1, 0.15) is 107 Å². The SMILES string of the molecule is Cc1cccc(C(C)C)c1[N+]1=C2C(=[N+](c3c(C(C)C)cccc3C(C)C)C1(C)C)c1cccc3cccc2c13. The first-order valence-electron chi connectivity index (χ1n) is 14.6. The molecule has 6 rings (SSSR count). The second kappa shape index (κ2) is 9.01. The minimum Gasteiger partial charge on any atom is -0.121 e. The molecule has 198 valence electrons. The van der Waals surface area contributed by atoms with Gasteiger partial charge >= 0.3 is 5.66 Å². The third-order valence-electron chi connectivity index (χ3n) is 8.86. The van der Waals surface area contributed by atoms with Crippen LogP contribution in [0.3, 0.4) is 0 Å². The highest BCUT2D eigenvalue weighted by atomic mass is 15.4. The molecule has 0 saturated heterocycles. The maximum Gasteiger partial charge on any atom is 0.357 e. The topological polar surface area (TPSA) is 6.02 Å². The van der Waals surface area contributed by atoms with Crippen LogP contribution in [0.4, 0.5) is 11.4 Å². The molecule has 0 N–H and O–H groups in total. The van der Waals surface area contributed by atoms with Gasteiger partial charge in [-0.2, -0.15) is 0 Å². The first-order valence-corrected chi connectivity index (χ1v) is 14.6. The molecule has 1 heterocycles. The van der Waals surface area contributed by atoms with Gasteiger partial charge in [0.2, 0.25) is 11.4 Å². The predicted octanol–water partition coefficient (Wildman–Crippen LogP) is 9.55. The highest BCUT2D eigenvalue weighted by Gasteiger charge is 2.61. The van der Waals surface area contributed by atoms with E-state index in [9.17, 15) is 0 Å². The van der Waals surface area contributed by atoms with Crippen molar-refractivity contribution >= 4 is 33.6 Å².